The second-order valence-corrected chi connectivity index (χ2v) is 4.35. The van der Waals surface area contributed by atoms with Crippen LogP contribution in [-0.4, -0.2) is 11.0 Å². The minimum Gasteiger partial charge on any atom is -0.507 e. The molecule has 2 aromatic carbocycles. The Morgan fingerprint density at radius 1 is 1.11 bits per heavy atom. The molecule has 2 nitrogen and oxygen atoms in total. The second-order valence-electron chi connectivity index (χ2n) is 3.92. The highest BCUT2D eigenvalue weighted by atomic mass is 35.5. The van der Waals surface area contributed by atoms with Gasteiger partial charge in [0, 0.05) is 10.6 Å². The second kappa shape index (κ2) is 6.05. The van der Waals surface area contributed by atoms with Gasteiger partial charge in [0.15, 0.2) is 0 Å². The number of allylic oxidation sites excluding steroid dienone is 2. The molecule has 0 bridgehead atoms. The van der Waals surface area contributed by atoms with E-state index in [9.17, 15) is 9.90 Å². The van der Waals surface area contributed by atoms with Crippen LogP contribution in [0.5, 0.6) is 5.75 Å². The number of halogens is 1. The van der Waals surface area contributed by atoms with Gasteiger partial charge in [-0.25, -0.2) is 4.79 Å². The molecule has 0 unspecified atom stereocenters. The van der Waals surface area contributed by atoms with Gasteiger partial charge in [-0.05, 0) is 35.9 Å². The number of hydrogen-bond donors (Lipinski definition) is 1. The lowest BCUT2D eigenvalue weighted by atomic mass is 10.0. The molecule has 0 atom stereocenters. The Hall–Kier alpha value is -2.28. The van der Waals surface area contributed by atoms with E-state index < -0.39 is 0 Å². The number of benzene rings is 2. The van der Waals surface area contributed by atoms with E-state index in [2.05, 4.69) is 0 Å². The smallest absolute Gasteiger partial charge is 0.133 e. The van der Waals surface area contributed by atoms with Crippen molar-refractivity contribution in [1.82, 2.24) is 0 Å². The minimum absolute atomic E-state index is 0.0570. The molecule has 0 aliphatic heterocycles. The maximum absolute atomic E-state index is 11.0. The van der Waals surface area contributed by atoms with Gasteiger partial charge in [-0.3, -0.25) is 0 Å². The number of rotatable bonds is 3. The monoisotopic (exact) mass is 270 g/mol. The van der Waals surface area contributed by atoms with Gasteiger partial charge in [-0.15, -0.1) is 0 Å². The first-order chi connectivity index (χ1) is 9.20. The van der Waals surface area contributed by atoms with Crippen LogP contribution in [0.1, 0.15) is 11.1 Å². The highest BCUT2D eigenvalue weighted by Gasteiger charge is 2.04. The first-order valence-corrected chi connectivity index (χ1v) is 6.05. The van der Waals surface area contributed by atoms with Crippen molar-refractivity contribution in [1.29, 1.82) is 0 Å². The third-order valence-corrected chi connectivity index (χ3v) is 2.87. The summed E-state index contributed by atoms with van der Waals surface area (Å²) in [5, 5.41) is 10.4. The summed E-state index contributed by atoms with van der Waals surface area (Å²) in [5.74, 6) is 1.89. The van der Waals surface area contributed by atoms with E-state index in [0.29, 0.717) is 16.2 Å². The fourth-order valence-corrected chi connectivity index (χ4v) is 1.76. The van der Waals surface area contributed by atoms with Gasteiger partial charge in [0.1, 0.15) is 11.7 Å². The lowest BCUT2D eigenvalue weighted by Crippen LogP contribution is -1.83. The average Bonchev–Trinajstić information content (AvgIpc) is 2.43. The number of carbonyl (C=O) groups excluding carboxylic acids is 1. The molecule has 94 valence electrons. The van der Waals surface area contributed by atoms with Crippen molar-refractivity contribution in [3.8, 4) is 5.75 Å². The number of hydrogen-bond acceptors (Lipinski definition) is 2. The number of phenolic OH excluding ortho intramolecular Hbond substituents is 1. The normalized spacial score (nSPS) is 10.4. The van der Waals surface area contributed by atoms with Crippen molar-refractivity contribution >= 4 is 29.2 Å². The van der Waals surface area contributed by atoms with Crippen molar-refractivity contribution in [2.75, 3.05) is 0 Å². The Bertz CT molecular complexity index is 651. The highest BCUT2D eigenvalue weighted by molar-refractivity contribution is 6.30. The van der Waals surface area contributed by atoms with Crippen LogP contribution in [0.4, 0.5) is 0 Å². The van der Waals surface area contributed by atoms with E-state index in [1.54, 1.807) is 42.5 Å². The van der Waals surface area contributed by atoms with Crippen LogP contribution in [0.3, 0.4) is 0 Å². The zero-order valence-corrected chi connectivity index (χ0v) is 10.8. The van der Waals surface area contributed by atoms with Crippen molar-refractivity contribution in [3.05, 3.63) is 70.8 Å². The van der Waals surface area contributed by atoms with Gasteiger partial charge < -0.3 is 5.11 Å². The Kier molecular flexibility index (Phi) is 4.19. The Labute approximate surface area is 116 Å². The van der Waals surface area contributed by atoms with Crippen molar-refractivity contribution in [2.45, 2.75) is 0 Å². The van der Waals surface area contributed by atoms with E-state index in [-0.39, 0.29) is 5.75 Å². The number of para-hydroxylation sites is 1. The molecule has 0 amide bonds. The van der Waals surface area contributed by atoms with Gasteiger partial charge in [0.2, 0.25) is 0 Å². The average molecular weight is 271 g/mol. The third-order valence-electron chi connectivity index (χ3n) is 2.62. The highest BCUT2D eigenvalue weighted by Crippen LogP contribution is 2.24. The molecule has 0 saturated carbocycles. The molecule has 0 saturated heterocycles. The van der Waals surface area contributed by atoms with E-state index in [1.165, 1.54) is 6.07 Å². The Morgan fingerprint density at radius 3 is 2.42 bits per heavy atom. The Balaban J connectivity index is 2.28. The molecule has 0 aliphatic rings. The van der Waals surface area contributed by atoms with Crippen LogP contribution in [-0.2, 0) is 4.79 Å². The summed E-state index contributed by atoms with van der Waals surface area (Å²) in [5.41, 5.74) is 1.67. The summed E-state index contributed by atoms with van der Waals surface area (Å²) in [6.45, 7) is 0. The summed E-state index contributed by atoms with van der Waals surface area (Å²) in [6, 6.07) is 13.9. The first kappa shape index (κ1) is 13.2. The molecule has 0 heterocycles. The molecule has 0 spiro atoms. The topological polar surface area (TPSA) is 37.3 Å². The van der Waals surface area contributed by atoms with Crippen LogP contribution in [0.25, 0.3) is 11.6 Å². The molecule has 0 aliphatic carbocycles. The van der Waals surface area contributed by atoms with Gasteiger partial charge in [0.25, 0.3) is 0 Å². The van der Waals surface area contributed by atoms with E-state index >= 15 is 0 Å². The van der Waals surface area contributed by atoms with Gasteiger partial charge in [-0.1, -0.05) is 41.9 Å². The molecule has 2 aromatic rings. The van der Waals surface area contributed by atoms with E-state index in [0.717, 1.165) is 5.56 Å². The summed E-state index contributed by atoms with van der Waals surface area (Å²) in [6.07, 6.45) is 3.38. The van der Waals surface area contributed by atoms with Crippen molar-refractivity contribution in [2.24, 2.45) is 0 Å². The van der Waals surface area contributed by atoms with Gasteiger partial charge in [0.05, 0.1) is 5.57 Å². The van der Waals surface area contributed by atoms with Crippen molar-refractivity contribution < 1.29 is 9.90 Å². The number of phenols is 1. The minimum atomic E-state index is 0.0570. The summed E-state index contributed by atoms with van der Waals surface area (Å²) in [7, 11) is 0. The lowest BCUT2D eigenvalue weighted by Gasteiger charge is -2.01. The molecule has 0 fully saturated rings. The number of aromatic hydroxyl groups is 1. The SMILES string of the molecule is O=C=C(/C=C/c1ccc(Cl)cc1)c1ccccc1O. The summed E-state index contributed by atoms with van der Waals surface area (Å²) < 4.78 is 0. The van der Waals surface area contributed by atoms with Gasteiger partial charge >= 0.3 is 0 Å². The van der Waals surface area contributed by atoms with E-state index in [1.807, 2.05) is 18.1 Å². The summed E-state index contributed by atoms with van der Waals surface area (Å²) >= 11 is 5.79. The fraction of sp³-hybridized carbons (Fsp3) is 0. The maximum Gasteiger partial charge on any atom is 0.133 e. The first-order valence-electron chi connectivity index (χ1n) is 5.68. The largest absolute Gasteiger partial charge is 0.507 e. The van der Waals surface area contributed by atoms with Crippen LogP contribution in [0.15, 0.2) is 54.6 Å². The predicted molar refractivity (Wildman–Crippen MR) is 77.7 cm³/mol. The molecular formula is C16H11ClO2. The molecular weight excluding hydrogens is 260 g/mol. The zero-order chi connectivity index (χ0) is 13.7. The lowest BCUT2D eigenvalue weighted by molar-refractivity contribution is 0.473. The molecule has 3 heteroatoms. The maximum atomic E-state index is 11.0. The molecule has 2 rings (SSSR count). The third kappa shape index (κ3) is 3.35. The zero-order valence-electron chi connectivity index (χ0n) is 10.0. The standard InChI is InChI=1S/C16H11ClO2/c17-14-9-6-12(7-10-14)5-8-13(11-18)15-3-1-2-4-16(15)19/h1-10,19H/b8-5+. The summed E-state index contributed by atoms with van der Waals surface area (Å²) in [4.78, 5) is 11.0. The van der Waals surface area contributed by atoms with Crippen molar-refractivity contribution in [3.63, 3.8) is 0 Å². The quantitative estimate of drug-likeness (QED) is 0.677. The van der Waals surface area contributed by atoms with E-state index in [4.69, 9.17) is 11.6 Å². The Morgan fingerprint density at radius 2 is 1.79 bits per heavy atom. The molecule has 19 heavy (non-hydrogen) atoms. The molecule has 1 N–H and O–H groups in total. The van der Waals surface area contributed by atoms with Gasteiger partial charge in [-0.2, -0.15) is 0 Å². The fourth-order valence-electron chi connectivity index (χ4n) is 1.63. The van der Waals surface area contributed by atoms with Crippen LogP contribution < -0.4 is 0 Å². The van der Waals surface area contributed by atoms with Crippen LogP contribution >= 0.6 is 11.6 Å². The van der Waals surface area contributed by atoms with Crippen LogP contribution in [0.2, 0.25) is 5.02 Å². The predicted octanol–water partition coefficient (Wildman–Crippen LogP) is 3.97. The molecule has 0 radical (unpaired) electrons. The van der Waals surface area contributed by atoms with Crippen LogP contribution in [0, 0.1) is 0 Å². The molecule has 0 aromatic heterocycles.